The first-order valence-corrected chi connectivity index (χ1v) is 9.22. The van der Waals surface area contributed by atoms with Crippen LogP contribution in [0.5, 0.6) is 0 Å². The van der Waals surface area contributed by atoms with Gasteiger partial charge < -0.3 is 4.90 Å². The van der Waals surface area contributed by atoms with Crippen molar-refractivity contribution in [3.8, 4) is 0 Å². The fourth-order valence-corrected chi connectivity index (χ4v) is 4.40. The van der Waals surface area contributed by atoms with Crippen LogP contribution in [0.2, 0.25) is 0 Å². The summed E-state index contributed by atoms with van der Waals surface area (Å²) in [4.78, 5) is 17.8. The van der Waals surface area contributed by atoms with E-state index in [0.717, 1.165) is 25.7 Å². The summed E-state index contributed by atoms with van der Waals surface area (Å²) in [5, 5.41) is 5.90. The summed E-state index contributed by atoms with van der Waals surface area (Å²) in [6.45, 7) is 0.907. The number of hydrogen-bond acceptors (Lipinski definition) is 5. The van der Waals surface area contributed by atoms with Crippen molar-refractivity contribution < 1.29 is 13.2 Å². The van der Waals surface area contributed by atoms with E-state index in [4.69, 9.17) is 0 Å². The minimum Gasteiger partial charge on any atom is -0.340 e. The van der Waals surface area contributed by atoms with Crippen molar-refractivity contribution in [1.29, 1.82) is 0 Å². The predicted octanol–water partition coefficient (Wildman–Crippen LogP) is -0.332. The molecule has 0 spiro atoms. The maximum absolute atomic E-state index is 12.2. The van der Waals surface area contributed by atoms with Crippen LogP contribution in [0.4, 0.5) is 0 Å². The number of nitrogens with zero attached hydrogens (tertiary/aromatic N) is 3. The molecule has 3 rings (SSSR count). The number of carbonyl (C=O) groups is 1. The molecule has 1 saturated carbocycles. The Morgan fingerprint density at radius 2 is 2.09 bits per heavy atom. The molecule has 1 aromatic heterocycles. The van der Waals surface area contributed by atoms with E-state index in [-0.39, 0.29) is 18.4 Å². The Balaban J connectivity index is 1.43. The van der Waals surface area contributed by atoms with Gasteiger partial charge in [0.15, 0.2) is 0 Å². The molecular formula is C13H21N5O3S. The minimum absolute atomic E-state index is 0.114. The largest absolute Gasteiger partial charge is 0.340 e. The number of aromatic amines is 1. The fourth-order valence-electron chi connectivity index (χ4n) is 3.03. The lowest BCUT2D eigenvalue weighted by Gasteiger charge is -2.39. The zero-order chi connectivity index (χ0) is 15.6. The lowest BCUT2D eigenvalue weighted by Crippen LogP contribution is -2.60. The summed E-state index contributed by atoms with van der Waals surface area (Å²) < 4.78 is 26.8. The lowest BCUT2D eigenvalue weighted by molar-refractivity contribution is -0.138. The van der Waals surface area contributed by atoms with E-state index < -0.39 is 15.3 Å². The van der Waals surface area contributed by atoms with Gasteiger partial charge in [0.25, 0.3) is 0 Å². The summed E-state index contributed by atoms with van der Waals surface area (Å²) in [6.07, 6.45) is 5.97. The summed E-state index contributed by atoms with van der Waals surface area (Å²) >= 11 is 0. The molecule has 2 fully saturated rings. The van der Waals surface area contributed by atoms with Crippen LogP contribution in [0.15, 0.2) is 6.33 Å². The van der Waals surface area contributed by atoms with Gasteiger partial charge in [0, 0.05) is 32.0 Å². The van der Waals surface area contributed by atoms with Gasteiger partial charge in [-0.1, -0.05) is 12.8 Å². The summed E-state index contributed by atoms with van der Waals surface area (Å²) in [6, 6.07) is 0. The highest BCUT2D eigenvalue weighted by Gasteiger charge is 2.41. The molecule has 1 amide bonds. The highest BCUT2D eigenvalue weighted by Crippen LogP contribution is 2.29. The number of aromatic nitrogens is 3. The Bertz CT molecular complexity index is 604. The molecule has 2 heterocycles. The molecule has 1 aromatic rings. The van der Waals surface area contributed by atoms with E-state index in [1.807, 2.05) is 0 Å². The molecule has 0 atom stereocenters. The Morgan fingerprint density at radius 3 is 2.73 bits per heavy atom. The Labute approximate surface area is 129 Å². The third kappa shape index (κ3) is 3.30. The van der Waals surface area contributed by atoms with Crippen LogP contribution in [0.25, 0.3) is 0 Å². The van der Waals surface area contributed by atoms with Crippen molar-refractivity contribution in [3.63, 3.8) is 0 Å². The highest BCUT2D eigenvalue weighted by atomic mass is 32.2. The van der Waals surface area contributed by atoms with Gasteiger partial charge in [0.05, 0.1) is 0 Å². The first-order valence-electron chi connectivity index (χ1n) is 7.68. The van der Waals surface area contributed by atoms with Gasteiger partial charge >= 0.3 is 0 Å². The maximum Gasteiger partial charge on any atom is 0.225 e. The third-order valence-corrected chi connectivity index (χ3v) is 6.22. The molecule has 1 saturated heterocycles. The molecule has 2 N–H and O–H groups in total. The van der Waals surface area contributed by atoms with E-state index >= 15 is 0 Å². The van der Waals surface area contributed by atoms with Crippen molar-refractivity contribution in [3.05, 3.63) is 12.2 Å². The molecule has 0 bridgehead atoms. The molecule has 1 aliphatic heterocycles. The van der Waals surface area contributed by atoms with Crippen LogP contribution < -0.4 is 4.72 Å². The first-order chi connectivity index (χ1) is 10.6. The van der Waals surface area contributed by atoms with Crippen molar-refractivity contribution in [2.45, 2.75) is 37.4 Å². The monoisotopic (exact) mass is 327 g/mol. The molecule has 0 aromatic carbocycles. The number of hydrogen-bond donors (Lipinski definition) is 2. The summed E-state index contributed by atoms with van der Waals surface area (Å²) in [5.41, 5.74) is 0. The number of likely N-dealkylation sites (tertiary alicyclic amines) is 1. The van der Waals surface area contributed by atoms with Crippen LogP contribution >= 0.6 is 0 Å². The third-order valence-electron chi connectivity index (χ3n) is 4.43. The highest BCUT2D eigenvalue weighted by molar-refractivity contribution is 7.90. The van der Waals surface area contributed by atoms with E-state index in [1.54, 1.807) is 4.90 Å². The molecule has 9 heteroatoms. The van der Waals surface area contributed by atoms with E-state index in [1.165, 1.54) is 6.33 Å². The number of sulfonamides is 1. The van der Waals surface area contributed by atoms with Gasteiger partial charge in [0.2, 0.25) is 15.9 Å². The number of nitrogens with one attached hydrogen (secondary N) is 2. The molecule has 0 radical (unpaired) electrons. The standard InChI is InChI=1S/C13H21N5O3S/c19-13(10-3-1-2-4-10)18-7-11(8-18)22(20,21)16-6-5-12-14-9-15-17-12/h9-11,16H,1-8H2,(H,14,15,17). The topological polar surface area (TPSA) is 108 Å². The summed E-state index contributed by atoms with van der Waals surface area (Å²) in [7, 11) is -3.37. The second kappa shape index (κ2) is 6.33. The van der Waals surface area contributed by atoms with Crippen LogP contribution in [0.1, 0.15) is 31.5 Å². The SMILES string of the molecule is O=C(C1CCCC1)N1CC(S(=O)(=O)NCCc2ncn[nH]2)C1. The van der Waals surface area contributed by atoms with Gasteiger partial charge in [-0.15, -0.1) is 0 Å². The number of rotatable bonds is 6. The minimum atomic E-state index is -3.37. The molecular weight excluding hydrogens is 306 g/mol. The maximum atomic E-state index is 12.2. The number of amides is 1. The van der Waals surface area contributed by atoms with Gasteiger partial charge in [-0.2, -0.15) is 5.10 Å². The van der Waals surface area contributed by atoms with Gasteiger partial charge in [-0.3, -0.25) is 9.89 Å². The average Bonchev–Trinajstić information content (AvgIpc) is 3.09. The van der Waals surface area contributed by atoms with Crippen molar-refractivity contribution in [2.24, 2.45) is 5.92 Å². The van der Waals surface area contributed by atoms with E-state index in [2.05, 4.69) is 19.9 Å². The lowest BCUT2D eigenvalue weighted by atomic mass is 10.0. The predicted molar refractivity (Wildman–Crippen MR) is 79.3 cm³/mol. The molecule has 122 valence electrons. The Morgan fingerprint density at radius 1 is 1.36 bits per heavy atom. The van der Waals surface area contributed by atoms with Crippen molar-refractivity contribution in [1.82, 2.24) is 24.8 Å². The fraction of sp³-hybridized carbons (Fsp3) is 0.769. The van der Waals surface area contributed by atoms with Crippen LogP contribution in [-0.2, 0) is 21.2 Å². The normalized spacial score (nSPS) is 20.3. The van der Waals surface area contributed by atoms with Crippen LogP contribution in [-0.4, -0.2) is 59.3 Å². The van der Waals surface area contributed by atoms with E-state index in [9.17, 15) is 13.2 Å². The number of carbonyl (C=O) groups excluding carboxylic acids is 1. The smallest absolute Gasteiger partial charge is 0.225 e. The van der Waals surface area contributed by atoms with Crippen LogP contribution in [0.3, 0.4) is 0 Å². The molecule has 2 aliphatic rings. The average molecular weight is 327 g/mol. The molecule has 0 unspecified atom stereocenters. The van der Waals surface area contributed by atoms with Gasteiger partial charge in [-0.05, 0) is 12.8 Å². The van der Waals surface area contributed by atoms with Crippen molar-refractivity contribution >= 4 is 15.9 Å². The summed E-state index contributed by atoms with van der Waals surface area (Å²) in [5.74, 6) is 0.892. The van der Waals surface area contributed by atoms with Crippen LogP contribution in [0, 0.1) is 5.92 Å². The van der Waals surface area contributed by atoms with E-state index in [0.29, 0.717) is 25.3 Å². The first kappa shape index (κ1) is 15.4. The Kier molecular flexibility index (Phi) is 4.44. The van der Waals surface area contributed by atoms with Gasteiger partial charge in [-0.25, -0.2) is 18.1 Å². The molecule has 22 heavy (non-hydrogen) atoms. The van der Waals surface area contributed by atoms with Crippen molar-refractivity contribution in [2.75, 3.05) is 19.6 Å². The Hall–Kier alpha value is -1.48. The zero-order valence-corrected chi connectivity index (χ0v) is 13.2. The zero-order valence-electron chi connectivity index (χ0n) is 12.4. The number of H-pyrrole nitrogens is 1. The van der Waals surface area contributed by atoms with Gasteiger partial charge in [0.1, 0.15) is 17.4 Å². The second-order valence-electron chi connectivity index (χ2n) is 5.97. The molecule has 8 nitrogen and oxygen atoms in total. The quantitative estimate of drug-likeness (QED) is 0.743. The molecule has 1 aliphatic carbocycles. The second-order valence-corrected chi connectivity index (χ2v) is 8.01.